The van der Waals surface area contributed by atoms with Crippen LogP contribution >= 0.6 is 33.9 Å². The van der Waals surface area contributed by atoms with E-state index < -0.39 is 15.0 Å². The highest BCUT2D eigenvalue weighted by molar-refractivity contribution is 8.13. The van der Waals surface area contributed by atoms with Crippen molar-refractivity contribution in [2.75, 3.05) is 18.5 Å². The molecule has 0 heterocycles. The van der Waals surface area contributed by atoms with Crippen molar-refractivity contribution >= 4 is 54.5 Å². The molecule has 0 aliphatic heterocycles. The number of rotatable bonds is 6. The number of benzene rings is 1. The van der Waals surface area contributed by atoms with Crippen molar-refractivity contribution in [3.8, 4) is 0 Å². The van der Waals surface area contributed by atoms with E-state index in [-0.39, 0.29) is 32.8 Å². The zero-order valence-corrected chi connectivity index (χ0v) is 14.5. The maximum absolute atomic E-state index is 11.7. The lowest BCUT2D eigenvalue weighted by atomic mass is 10.2. The summed E-state index contributed by atoms with van der Waals surface area (Å²) >= 11 is 12.0. The first kappa shape index (κ1) is 18.5. The van der Waals surface area contributed by atoms with Gasteiger partial charge in [-0.05, 0) is 25.0 Å². The smallest absolute Gasteiger partial charge is 0.261 e. The number of hydrogen-bond donors (Lipinski definition) is 1. The first-order chi connectivity index (χ1) is 9.68. The molecule has 0 bridgehead atoms. The Kier molecular flexibility index (Phi) is 6.74. The molecule has 1 aromatic carbocycles. The number of anilines is 1. The van der Waals surface area contributed by atoms with Gasteiger partial charge in [-0.3, -0.25) is 4.79 Å². The quantitative estimate of drug-likeness (QED) is 0.610. The van der Waals surface area contributed by atoms with Gasteiger partial charge in [0.05, 0.1) is 20.6 Å². The lowest BCUT2D eigenvalue weighted by Crippen LogP contribution is -2.19. The van der Waals surface area contributed by atoms with Gasteiger partial charge in [0.15, 0.2) is 0 Å². The van der Waals surface area contributed by atoms with Crippen LogP contribution in [-0.2, 0) is 18.6 Å². The van der Waals surface area contributed by atoms with E-state index in [1.165, 1.54) is 6.92 Å². The Morgan fingerprint density at radius 3 is 2.52 bits per heavy atom. The largest absolute Gasteiger partial charge is 0.372 e. The van der Waals surface area contributed by atoms with Gasteiger partial charge in [-0.25, -0.2) is 8.42 Å². The fourth-order valence-electron chi connectivity index (χ4n) is 1.55. The zero-order chi connectivity index (χ0) is 16.2. The number of ether oxygens (including phenoxy) is 1. The van der Waals surface area contributed by atoms with E-state index in [1.54, 1.807) is 0 Å². The Morgan fingerprint density at radius 1 is 1.38 bits per heavy atom. The van der Waals surface area contributed by atoms with Gasteiger partial charge >= 0.3 is 0 Å². The fourth-order valence-corrected chi connectivity index (χ4v) is 3.43. The minimum atomic E-state index is -3.98. The number of nitrogens with one attached hydrogen (secondary N) is 1. The molecule has 1 amide bonds. The SMILES string of the molecule is CCCOCC(=O)Nc1c(Cl)cc(S(=O)(=O)Cl)c(C)c1Cl. The second-order valence-corrected chi connectivity index (χ2v) is 7.53. The second-order valence-electron chi connectivity index (χ2n) is 4.21. The summed E-state index contributed by atoms with van der Waals surface area (Å²) in [7, 11) is 1.32. The Balaban J connectivity index is 3.05. The van der Waals surface area contributed by atoms with Crippen LogP contribution in [0.25, 0.3) is 0 Å². The summed E-state index contributed by atoms with van der Waals surface area (Å²) in [6, 6.07) is 1.15. The number of halogens is 3. The van der Waals surface area contributed by atoms with Gasteiger partial charge in [-0.1, -0.05) is 30.1 Å². The molecule has 21 heavy (non-hydrogen) atoms. The topological polar surface area (TPSA) is 72.5 Å². The predicted octanol–water partition coefficient (Wildman–Crippen LogP) is 3.59. The van der Waals surface area contributed by atoms with Crippen molar-refractivity contribution in [3.05, 3.63) is 21.7 Å². The van der Waals surface area contributed by atoms with Crippen molar-refractivity contribution in [1.29, 1.82) is 0 Å². The average Bonchev–Trinajstić information content (AvgIpc) is 2.38. The highest BCUT2D eigenvalue weighted by Crippen LogP contribution is 2.38. The van der Waals surface area contributed by atoms with E-state index in [2.05, 4.69) is 5.32 Å². The highest BCUT2D eigenvalue weighted by atomic mass is 35.7. The van der Waals surface area contributed by atoms with Crippen molar-refractivity contribution < 1.29 is 17.9 Å². The van der Waals surface area contributed by atoms with Crippen molar-refractivity contribution in [1.82, 2.24) is 0 Å². The van der Waals surface area contributed by atoms with Crippen LogP contribution in [0, 0.1) is 6.92 Å². The monoisotopic (exact) mass is 373 g/mol. The van der Waals surface area contributed by atoms with Crippen molar-refractivity contribution in [3.63, 3.8) is 0 Å². The minimum Gasteiger partial charge on any atom is -0.372 e. The Hall–Kier alpha value is -0.530. The van der Waals surface area contributed by atoms with E-state index in [1.807, 2.05) is 6.92 Å². The van der Waals surface area contributed by atoms with Gasteiger partial charge in [0.25, 0.3) is 9.05 Å². The molecule has 0 aliphatic carbocycles. The van der Waals surface area contributed by atoms with Gasteiger partial charge in [-0.2, -0.15) is 0 Å². The summed E-state index contributed by atoms with van der Waals surface area (Å²) in [5.74, 6) is -0.437. The van der Waals surface area contributed by atoms with E-state index in [0.717, 1.165) is 12.5 Å². The first-order valence-corrected chi connectivity index (χ1v) is 9.05. The lowest BCUT2D eigenvalue weighted by Gasteiger charge is -2.13. The molecular weight excluding hydrogens is 361 g/mol. The van der Waals surface area contributed by atoms with Crippen LogP contribution in [0.3, 0.4) is 0 Å². The summed E-state index contributed by atoms with van der Waals surface area (Å²) < 4.78 is 27.9. The van der Waals surface area contributed by atoms with Crippen molar-refractivity contribution in [2.45, 2.75) is 25.2 Å². The number of amides is 1. The van der Waals surface area contributed by atoms with Crippen LogP contribution in [-0.4, -0.2) is 27.5 Å². The fraction of sp³-hybridized carbons (Fsp3) is 0.417. The molecular formula is C12H14Cl3NO4S. The number of carbonyl (C=O) groups excluding carboxylic acids is 1. The first-order valence-electron chi connectivity index (χ1n) is 5.99. The van der Waals surface area contributed by atoms with Gasteiger partial charge in [0.2, 0.25) is 5.91 Å². The Bertz CT molecular complexity index is 646. The molecule has 5 nitrogen and oxygen atoms in total. The molecule has 0 aliphatic rings. The molecule has 9 heteroatoms. The van der Waals surface area contributed by atoms with Gasteiger partial charge in [-0.15, -0.1) is 0 Å². The van der Waals surface area contributed by atoms with Crippen LogP contribution < -0.4 is 5.32 Å². The van der Waals surface area contributed by atoms with Crippen LogP contribution in [0.15, 0.2) is 11.0 Å². The molecule has 0 unspecified atom stereocenters. The lowest BCUT2D eigenvalue weighted by molar-refractivity contribution is -0.120. The van der Waals surface area contributed by atoms with Crippen LogP contribution in [0.2, 0.25) is 10.0 Å². The molecule has 0 aromatic heterocycles. The molecule has 0 saturated carbocycles. The molecule has 1 rings (SSSR count). The molecule has 0 spiro atoms. The summed E-state index contributed by atoms with van der Waals surface area (Å²) in [6.45, 7) is 3.70. The summed E-state index contributed by atoms with van der Waals surface area (Å²) in [6.07, 6.45) is 0.788. The average molecular weight is 375 g/mol. The number of carbonyl (C=O) groups is 1. The maximum atomic E-state index is 11.7. The van der Waals surface area contributed by atoms with Crippen LogP contribution in [0.4, 0.5) is 5.69 Å². The summed E-state index contributed by atoms with van der Waals surface area (Å²) in [4.78, 5) is 11.5. The normalized spacial score (nSPS) is 11.5. The molecule has 0 fully saturated rings. The molecule has 1 aromatic rings. The number of hydrogen-bond acceptors (Lipinski definition) is 4. The maximum Gasteiger partial charge on any atom is 0.261 e. The molecule has 0 saturated heterocycles. The third kappa shape index (κ3) is 5.00. The van der Waals surface area contributed by atoms with Gasteiger partial charge < -0.3 is 10.1 Å². The third-order valence-electron chi connectivity index (χ3n) is 2.52. The highest BCUT2D eigenvalue weighted by Gasteiger charge is 2.21. The predicted molar refractivity (Wildman–Crippen MR) is 84.0 cm³/mol. The standard InChI is InChI=1S/C12H14Cl3NO4S/c1-3-4-20-6-10(17)16-12-8(13)5-9(21(15,18)19)7(2)11(12)14/h5H,3-4,6H2,1-2H3,(H,16,17). The van der Waals surface area contributed by atoms with E-state index >= 15 is 0 Å². The van der Waals surface area contributed by atoms with Crippen LogP contribution in [0.5, 0.6) is 0 Å². The Morgan fingerprint density at radius 2 is 2.00 bits per heavy atom. The minimum absolute atomic E-state index is 0.0190. The van der Waals surface area contributed by atoms with Crippen molar-refractivity contribution in [2.24, 2.45) is 0 Å². The second kappa shape index (κ2) is 7.65. The molecule has 0 atom stereocenters. The molecule has 0 radical (unpaired) electrons. The summed E-state index contributed by atoms with van der Waals surface area (Å²) in [5.41, 5.74) is 0.339. The van der Waals surface area contributed by atoms with E-state index in [0.29, 0.717) is 6.61 Å². The molecule has 118 valence electrons. The van der Waals surface area contributed by atoms with E-state index in [4.69, 9.17) is 38.6 Å². The summed E-state index contributed by atoms with van der Waals surface area (Å²) in [5, 5.41) is 2.49. The van der Waals surface area contributed by atoms with E-state index in [9.17, 15) is 13.2 Å². The zero-order valence-electron chi connectivity index (χ0n) is 11.4. The molecule has 1 N–H and O–H groups in total. The van der Waals surface area contributed by atoms with Gasteiger partial charge in [0.1, 0.15) is 6.61 Å². The third-order valence-corrected chi connectivity index (χ3v) is 4.74. The van der Waals surface area contributed by atoms with Crippen LogP contribution in [0.1, 0.15) is 18.9 Å². The van der Waals surface area contributed by atoms with Gasteiger partial charge in [0, 0.05) is 17.3 Å². The Labute approximate surface area is 137 Å².